The Bertz CT molecular complexity index is 667. The quantitative estimate of drug-likeness (QED) is 0.710. The van der Waals surface area contributed by atoms with E-state index in [1.165, 1.54) is 25.7 Å². The highest BCUT2D eigenvalue weighted by Crippen LogP contribution is 2.65. The van der Waals surface area contributed by atoms with Gasteiger partial charge in [0.15, 0.2) is 0 Å². The van der Waals surface area contributed by atoms with Gasteiger partial charge in [-0.1, -0.05) is 33.8 Å². The minimum Gasteiger partial charge on any atom is -0.338 e. The van der Waals surface area contributed by atoms with Crippen LogP contribution < -0.4 is 0 Å². The zero-order chi connectivity index (χ0) is 19.6. The molecule has 3 nitrogen and oxygen atoms in total. The number of rotatable bonds is 3. The predicted molar refractivity (Wildman–Crippen MR) is 108 cm³/mol. The number of carbonyl (C=O) groups is 2. The van der Waals surface area contributed by atoms with Crippen LogP contribution in [0.3, 0.4) is 0 Å². The lowest BCUT2D eigenvalue weighted by atomic mass is 9.47. The highest BCUT2D eigenvalue weighted by molar-refractivity contribution is 5.89. The van der Waals surface area contributed by atoms with Gasteiger partial charge in [-0.15, -0.1) is 0 Å². The van der Waals surface area contributed by atoms with E-state index >= 15 is 0 Å². The summed E-state index contributed by atoms with van der Waals surface area (Å²) < 4.78 is 0. The minimum absolute atomic E-state index is 0.104. The summed E-state index contributed by atoms with van der Waals surface area (Å²) in [6.45, 7) is 9.16. The largest absolute Gasteiger partial charge is 0.338 e. The fraction of sp³-hybridized carbons (Fsp3) is 0.833. The van der Waals surface area contributed by atoms with Crippen LogP contribution in [0.2, 0.25) is 0 Å². The Balaban J connectivity index is 1.60. The molecular weight excluding hydrogens is 334 g/mol. The smallest absolute Gasteiger partial charge is 0.246 e. The molecule has 150 valence electrons. The Hall–Kier alpha value is -1.12. The molecule has 1 unspecified atom stereocenters. The number of fused-ring (bicyclic) bond motifs is 5. The molecule has 0 saturated heterocycles. The Morgan fingerprint density at radius 1 is 1.15 bits per heavy atom. The monoisotopic (exact) mass is 371 g/mol. The Morgan fingerprint density at radius 3 is 2.59 bits per heavy atom. The predicted octanol–water partition coefficient (Wildman–Crippen LogP) is 4.86. The molecule has 3 heteroatoms. The topological polar surface area (TPSA) is 37.4 Å². The van der Waals surface area contributed by atoms with Crippen molar-refractivity contribution in [2.75, 3.05) is 7.05 Å². The Kier molecular flexibility index (Phi) is 4.59. The highest BCUT2D eigenvalue weighted by Gasteiger charge is 2.61. The first kappa shape index (κ1) is 19.2. The van der Waals surface area contributed by atoms with Crippen LogP contribution in [0.1, 0.15) is 72.6 Å². The molecule has 7 atom stereocenters. The SMILES string of the molecule is CC(C)CC(=O)[C@H]1CC[C@H]2[C@@H]3CCC4N(C)C(=O)C=C[C@]4(C)[C@H]3CC[C@]12C. The molecular formula is C24H37NO2. The summed E-state index contributed by atoms with van der Waals surface area (Å²) in [5, 5.41) is 0. The second-order valence-electron chi connectivity index (χ2n) is 10.9. The van der Waals surface area contributed by atoms with Crippen LogP contribution in [-0.4, -0.2) is 29.7 Å². The summed E-state index contributed by atoms with van der Waals surface area (Å²) in [4.78, 5) is 27.2. The van der Waals surface area contributed by atoms with E-state index in [0.717, 1.165) is 19.3 Å². The van der Waals surface area contributed by atoms with Crippen molar-refractivity contribution in [1.29, 1.82) is 0 Å². The maximum absolute atomic E-state index is 13.0. The first-order valence-electron chi connectivity index (χ1n) is 11.2. The lowest BCUT2D eigenvalue weighted by molar-refractivity contribution is -0.141. The van der Waals surface area contributed by atoms with Crippen molar-refractivity contribution >= 4 is 11.7 Å². The van der Waals surface area contributed by atoms with Gasteiger partial charge >= 0.3 is 0 Å². The Labute approximate surface area is 165 Å². The number of amides is 1. The fourth-order valence-corrected chi connectivity index (χ4v) is 7.81. The van der Waals surface area contributed by atoms with Gasteiger partial charge in [0.25, 0.3) is 0 Å². The van der Waals surface area contributed by atoms with Gasteiger partial charge in [0.05, 0.1) is 0 Å². The molecule has 4 rings (SSSR count). The third-order valence-corrected chi connectivity index (χ3v) is 9.13. The molecule has 0 aromatic heterocycles. The average molecular weight is 372 g/mol. The lowest BCUT2D eigenvalue weighted by Gasteiger charge is -2.60. The molecule has 0 spiro atoms. The van der Waals surface area contributed by atoms with Crippen molar-refractivity contribution in [3.05, 3.63) is 12.2 Å². The van der Waals surface area contributed by atoms with Gasteiger partial charge < -0.3 is 4.90 Å². The van der Waals surface area contributed by atoms with Crippen LogP contribution in [-0.2, 0) is 9.59 Å². The first-order valence-corrected chi connectivity index (χ1v) is 11.2. The van der Waals surface area contributed by atoms with Crippen molar-refractivity contribution < 1.29 is 9.59 Å². The summed E-state index contributed by atoms with van der Waals surface area (Å²) in [5.74, 6) is 3.49. The van der Waals surface area contributed by atoms with E-state index in [0.29, 0.717) is 35.5 Å². The summed E-state index contributed by atoms with van der Waals surface area (Å²) in [5.41, 5.74) is 0.309. The fourth-order valence-electron chi connectivity index (χ4n) is 7.81. The van der Waals surface area contributed by atoms with E-state index < -0.39 is 0 Å². The van der Waals surface area contributed by atoms with Gasteiger partial charge in [0.1, 0.15) is 5.78 Å². The van der Waals surface area contributed by atoms with Gasteiger partial charge in [0.2, 0.25) is 5.91 Å². The maximum atomic E-state index is 13.0. The molecule has 0 aromatic carbocycles. The van der Waals surface area contributed by atoms with Crippen LogP contribution in [0.4, 0.5) is 0 Å². The zero-order valence-electron chi connectivity index (χ0n) is 17.8. The second kappa shape index (κ2) is 6.46. The highest BCUT2D eigenvalue weighted by atomic mass is 16.2. The van der Waals surface area contributed by atoms with E-state index in [-0.39, 0.29) is 22.7 Å². The second-order valence-corrected chi connectivity index (χ2v) is 10.9. The van der Waals surface area contributed by atoms with E-state index in [1.807, 2.05) is 18.0 Å². The molecule has 0 radical (unpaired) electrons. The molecule has 0 N–H and O–H groups in total. The lowest BCUT2D eigenvalue weighted by Crippen LogP contribution is -2.59. The van der Waals surface area contributed by atoms with Crippen LogP contribution in [0.15, 0.2) is 12.2 Å². The number of likely N-dealkylation sites (N-methyl/N-ethyl adjacent to an activating group) is 1. The third kappa shape index (κ3) is 2.75. The molecule has 1 amide bonds. The van der Waals surface area contributed by atoms with Crippen LogP contribution in [0.5, 0.6) is 0 Å². The van der Waals surface area contributed by atoms with Gasteiger partial charge in [-0.3, -0.25) is 9.59 Å². The minimum atomic E-state index is 0.104. The molecule has 1 heterocycles. The Morgan fingerprint density at radius 2 is 1.89 bits per heavy atom. The number of hydrogen-bond acceptors (Lipinski definition) is 2. The van der Waals surface area contributed by atoms with Gasteiger partial charge in [-0.05, 0) is 73.7 Å². The first-order chi connectivity index (χ1) is 12.7. The van der Waals surface area contributed by atoms with Crippen molar-refractivity contribution in [2.45, 2.75) is 78.7 Å². The molecule has 3 aliphatic carbocycles. The van der Waals surface area contributed by atoms with Crippen molar-refractivity contribution in [1.82, 2.24) is 4.90 Å². The van der Waals surface area contributed by atoms with Crippen LogP contribution >= 0.6 is 0 Å². The number of Topliss-reactive ketones (excluding diaryl/α,β-unsaturated/α-hetero) is 1. The van der Waals surface area contributed by atoms with E-state index in [9.17, 15) is 9.59 Å². The normalized spacial score (nSPS) is 46.2. The van der Waals surface area contributed by atoms with Gasteiger partial charge in [-0.25, -0.2) is 0 Å². The molecule has 0 aromatic rings. The molecule has 27 heavy (non-hydrogen) atoms. The van der Waals surface area contributed by atoms with Crippen molar-refractivity contribution in [3.63, 3.8) is 0 Å². The van der Waals surface area contributed by atoms with E-state index in [2.05, 4.69) is 33.8 Å². The standard InChI is InChI=1S/C24H37NO2/c1-15(2)14-20(26)19-8-7-17-16-6-9-21-24(4,13-11-22(27)25(21)5)18(16)10-12-23(17,19)3/h11,13,15-19,21H,6-10,12,14H2,1-5H3/t16-,17-,18-,19+,21?,23-,24+/m0/s1. The summed E-state index contributed by atoms with van der Waals surface area (Å²) >= 11 is 0. The van der Waals surface area contributed by atoms with Crippen LogP contribution in [0.25, 0.3) is 0 Å². The molecule has 0 bridgehead atoms. The van der Waals surface area contributed by atoms with E-state index in [4.69, 9.17) is 0 Å². The molecule has 1 aliphatic heterocycles. The van der Waals surface area contributed by atoms with Crippen molar-refractivity contribution in [2.24, 2.45) is 40.4 Å². The molecule has 3 fully saturated rings. The number of nitrogens with zero attached hydrogens (tertiary/aromatic N) is 1. The number of ketones is 1. The molecule has 4 aliphatic rings. The molecule has 3 saturated carbocycles. The summed E-state index contributed by atoms with van der Waals surface area (Å²) in [6.07, 6.45) is 11.9. The summed E-state index contributed by atoms with van der Waals surface area (Å²) in [7, 11) is 1.98. The van der Waals surface area contributed by atoms with E-state index in [1.54, 1.807) is 0 Å². The zero-order valence-corrected chi connectivity index (χ0v) is 17.8. The number of carbonyl (C=O) groups excluding carboxylic acids is 2. The number of hydrogen-bond donors (Lipinski definition) is 0. The average Bonchev–Trinajstić information content (AvgIpc) is 2.95. The van der Waals surface area contributed by atoms with Gasteiger partial charge in [-0.2, -0.15) is 0 Å². The van der Waals surface area contributed by atoms with Crippen molar-refractivity contribution in [3.8, 4) is 0 Å². The third-order valence-electron chi connectivity index (χ3n) is 9.13. The maximum Gasteiger partial charge on any atom is 0.246 e. The summed E-state index contributed by atoms with van der Waals surface area (Å²) in [6, 6.07) is 0.348. The van der Waals surface area contributed by atoms with Crippen LogP contribution in [0, 0.1) is 40.4 Å². The van der Waals surface area contributed by atoms with Gasteiger partial charge in [0, 0.05) is 30.8 Å².